The molecule has 1 saturated heterocycles. The van der Waals surface area contributed by atoms with Crippen molar-refractivity contribution < 1.29 is 4.79 Å². The average molecular weight is 265 g/mol. The topological polar surface area (TPSA) is 20.3 Å². The van der Waals surface area contributed by atoms with Gasteiger partial charge in [0, 0.05) is 0 Å². The summed E-state index contributed by atoms with van der Waals surface area (Å²) >= 11 is 1.55. The van der Waals surface area contributed by atoms with Crippen LogP contribution in [0.2, 0.25) is 0 Å². The summed E-state index contributed by atoms with van der Waals surface area (Å²) in [6, 6.07) is 3.89. The molecule has 1 atom stereocenters. The second-order valence-corrected chi connectivity index (χ2v) is 6.56. The van der Waals surface area contributed by atoms with Gasteiger partial charge in [0.2, 0.25) is 0 Å². The Labute approximate surface area is 114 Å². The minimum absolute atomic E-state index is 0.285. The number of nitrogens with zero attached hydrogens (tertiary/aromatic N) is 1. The van der Waals surface area contributed by atoms with Crippen LogP contribution in [0, 0.1) is 11.8 Å². The van der Waals surface area contributed by atoms with Crippen LogP contribution in [0.3, 0.4) is 0 Å². The summed E-state index contributed by atoms with van der Waals surface area (Å²) in [7, 11) is 0. The maximum Gasteiger partial charge on any atom is 0.186 e. The van der Waals surface area contributed by atoms with E-state index in [0.29, 0.717) is 6.54 Å². The monoisotopic (exact) mass is 265 g/mol. The van der Waals surface area contributed by atoms with Gasteiger partial charge in [-0.1, -0.05) is 19.9 Å². The van der Waals surface area contributed by atoms with Crippen molar-refractivity contribution in [2.24, 2.45) is 11.8 Å². The normalized spacial score (nSPS) is 22.1. The van der Waals surface area contributed by atoms with E-state index >= 15 is 0 Å². The van der Waals surface area contributed by atoms with E-state index in [4.69, 9.17) is 0 Å². The van der Waals surface area contributed by atoms with Gasteiger partial charge in [-0.15, -0.1) is 11.3 Å². The fourth-order valence-corrected chi connectivity index (χ4v) is 3.38. The maximum absolute atomic E-state index is 12.1. The van der Waals surface area contributed by atoms with Crippen LogP contribution in [-0.2, 0) is 0 Å². The third-order valence-corrected chi connectivity index (χ3v) is 4.88. The lowest BCUT2D eigenvalue weighted by atomic mass is 9.89. The Morgan fingerprint density at radius 1 is 1.44 bits per heavy atom. The quantitative estimate of drug-likeness (QED) is 0.774. The van der Waals surface area contributed by atoms with Gasteiger partial charge >= 0.3 is 0 Å². The number of rotatable bonds is 4. The largest absolute Gasteiger partial charge is 0.296 e. The van der Waals surface area contributed by atoms with Crippen LogP contribution < -0.4 is 0 Å². The van der Waals surface area contributed by atoms with Gasteiger partial charge in [0.1, 0.15) is 0 Å². The van der Waals surface area contributed by atoms with E-state index in [1.807, 2.05) is 17.5 Å². The van der Waals surface area contributed by atoms with Gasteiger partial charge in [-0.2, -0.15) is 0 Å². The standard InChI is InChI=1S/C15H23NOS/c1-12(2)13-5-3-8-16(9-7-13)11-14(17)15-6-4-10-18-15/h4,6,10,12-13H,3,5,7-9,11H2,1-2H3. The van der Waals surface area contributed by atoms with Crippen molar-refractivity contribution >= 4 is 17.1 Å². The lowest BCUT2D eigenvalue weighted by Crippen LogP contribution is -2.30. The van der Waals surface area contributed by atoms with Crippen molar-refractivity contribution in [1.82, 2.24) is 4.90 Å². The van der Waals surface area contributed by atoms with Crippen LogP contribution in [-0.4, -0.2) is 30.3 Å². The molecule has 1 aliphatic rings. The fourth-order valence-electron chi connectivity index (χ4n) is 2.72. The van der Waals surface area contributed by atoms with Crippen molar-refractivity contribution in [3.05, 3.63) is 22.4 Å². The Hall–Kier alpha value is -0.670. The number of hydrogen-bond donors (Lipinski definition) is 0. The number of carbonyl (C=O) groups excluding carboxylic acids is 1. The van der Waals surface area contributed by atoms with Gasteiger partial charge in [0.15, 0.2) is 5.78 Å². The average Bonchev–Trinajstić information content (AvgIpc) is 2.77. The molecule has 0 amide bonds. The molecule has 3 heteroatoms. The van der Waals surface area contributed by atoms with Gasteiger partial charge in [-0.25, -0.2) is 0 Å². The second kappa shape index (κ2) is 6.48. The van der Waals surface area contributed by atoms with Crippen molar-refractivity contribution in [2.75, 3.05) is 19.6 Å². The molecule has 0 aromatic carbocycles. The number of carbonyl (C=O) groups is 1. The first kappa shape index (κ1) is 13.8. The molecular formula is C15H23NOS. The zero-order valence-corrected chi connectivity index (χ0v) is 12.2. The summed E-state index contributed by atoms with van der Waals surface area (Å²) in [5.74, 6) is 1.90. The lowest BCUT2D eigenvalue weighted by Gasteiger charge is -2.20. The maximum atomic E-state index is 12.1. The first-order valence-corrected chi connectivity index (χ1v) is 7.84. The molecule has 2 nitrogen and oxygen atoms in total. The van der Waals surface area contributed by atoms with E-state index in [1.54, 1.807) is 11.3 Å². The molecular weight excluding hydrogens is 242 g/mol. The molecule has 0 N–H and O–H groups in total. The van der Waals surface area contributed by atoms with Gasteiger partial charge in [0.05, 0.1) is 11.4 Å². The van der Waals surface area contributed by atoms with E-state index in [9.17, 15) is 4.79 Å². The number of likely N-dealkylation sites (tertiary alicyclic amines) is 1. The smallest absolute Gasteiger partial charge is 0.186 e. The molecule has 0 bridgehead atoms. The zero-order chi connectivity index (χ0) is 13.0. The SMILES string of the molecule is CC(C)C1CCCN(CC(=O)c2cccs2)CC1. The number of Topliss-reactive ketones (excluding diaryl/α,β-unsaturated/α-hetero) is 1. The number of ketones is 1. The first-order valence-electron chi connectivity index (χ1n) is 6.96. The van der Waals surface area contributed by atoms with Crippen LogP contribution in [0.15, 0.2) is 17.5 Å². The molecule has 0 spiro atoms. The summed E-state index contributed by atoms with van der Waals surface area (Å²) in [5.41, 5.74) is 0. The Kier molecular flexibility index (Phi) is 4.95. The van der Waals surface area contributed by atoms with Crippen LogP contribution in [0.5, 0.6) is 0 Å². The molecule has 1 aromatic heterocycles. The Morgan fingerprint density at radius 3 is 2.94 bits per heavy atom. The molecule has 1 aliphatic heterocycles. The second-order valence-electron chi connectivity index (χ2n) is 5.61. The van der Waals surface area contributed by atoms with Gasteiger partial charge in [-0.05, 0) is 55.6 Å². The summed E-state index contributed by atoms with van der Waals surface area (Å²) in [6.45, 7) is 7.40. The minimum Gasteiger partial charge on any atom is -0.296 e. The van der Waals surface area contributed by atoms with E-state index in [-0.39, 0.29) is 5.78 Å². The number of thiophene rings is 1. The molecule has 2 rings (SSSR count). The summed E-state index contributed by atoms with van der Waals surface area (Å²) in [4.78, 5) is 15.3. The van der Waals surface area contributed by atoms with E-state index in [0.717, 1.165) is 29.8 Å². The minimum atomic E-state index is 0.285. The molecule has 0 radical (unpaired) electrons. The highest BCUT2D eigenvalue weighted by Crippen LogP contribution is 2.24. The Bertz CT molecular complexity index is 372. The third kappa shape index (κ3) is 3.66. The molecule has 100 valence electrons. The molecule has 2 heterocycles. The molecule has 0 saturated carbocycles. The fraction of sp³-hybridized carbons (Fsp3) is 0.667. The lowest BCUT2D eigenvalue weighted by molar-refractivity contribution is 0.0936. The summed E-state index contributed by atoms with van der Waals surface area (Å²) in [5, 5.41) is 1.98. The first-order chi connectivity index (χ1) is 8.66. The van der Waals surface area contributed by atoms with Crippen LogP contribution in [0.1, 0.15) is 42.8 Å². The Balaban J connectivity index is 1.85. The van der Waals surface area contributed by atoms with Crippen molar-refractivity contribution in [1.29, 1.82) is 0 Å². The molecule has 1 aromatic rings. The van der Waals surface area contributed by atoms with Crippen LogP contribution >= 0.6 is 11.3 Å². The van der Waals surface area contributed by atoms with E-state index < -0.39 is 0 Å². The summed E-state index contributed by atoms with van der Waals surface area (Å²) < 4.78 is 0. The van der Waals surface area contributed by atoms with Crippen molar-refractivity contribution in [2.45, 2.75) is 33.1 Å². The predicted molar refractivity (Wildman–Crippen MR) is 77.3 cm³/mol. The van der Waals surface area contributed by atoms with Gasteiger partial charge in [0.25, 0.3) is 0 Å². The van der Waals surface area contributed by atoms with Crippen LogP contribution in [0.4, 0.5) is 0 Å². The van der Waals surface area contributed by atoms with Crippen molar-refractivity contribution in [3.8, 4) is 0 Å². The Morgan fingerprint density at radius 2 is 2.28 bits per heavy atom. The van der Waals surface area contributed by atoms with E-state index in [2.05, 4.69) is 18.7 Å². The molecule has 0 aliphatic carbocycles. The van der Waals surface area contributed by atoms with Crippen LogP contribution in [0.25, 0.3) is 0 Å². The summed E-state index contributed by atoms with van der Waals surface area (Å²) in [6.07, 6.45) is 3.80. The molecule has 18 heavy (non-hydrogen) atoms. The number of hydrogen-bond acceptors (Lipinski definition) is 3. The zero-order valence-electron chi connectivity index (χ0n) is 11.4. The predicted octanol–water partition coefficient (Wildman–Crippen LogP) is 3.69. The molecule has 1 unspecified atom stereocenters. The van der Waals surface area contributed by atoms with Gasteiger partial charge in [-0.3, -0.25) is 9.69 Å². The van der Waals surface area contributed by atoms with Gasteiger partial charge < -0.3 is 0 Å². The highest BCUT2D eigenvalue weighted by Gasteiger charge is 2.21. The third-order valence-electron chi connectivity index (χ3n) is 3.97. The highest BCUT2D eigenvalue weighted by molar-refractivity contribution is 7.12. The van der Waals surface area contributed by atoms with E-state index in [1.165, 1.54) is 19.3 Å². The molecule has 1 fully saturated rings. The van der Waals surface area contributed by atoms with Crippen molar-refractivity contribution in [3.63, 3.8) is 0 Å². The highest BCUT2D eigenvalue weighted by atomic mass is 32.1.